The molecule has 0 spiro atoms. The van der Waals surface area contributed by atoms with E-state index in [1.807, 2.05) is 12.1 Å². The van der Waals surface area contributed by atoms with Gasteiger partial charge in [0.05, 0.1) is 10.9 Å². The van der Waals surface area contributed by atoms with Crippen molar-refractivity contribution in [2.24, 2.45) is 0 Å². The normalized spacial score (nSPS) is 16.9. The highest BCUT2D eigenvalue weighted by atomic mass is 32.2. The molecule has 25 heavy (non-hydrogen) atoms. The largest absolute Gasteiger partial charge is 0.349 e. The zero-order valence-electron chi connectivity index (χ0n) is 13.9. The molecule has 1 aliphatic carbocycles. The zero-order valence-corrected chi connectivity index (χ0v) is 14.8. The minimum absolute atomic E-state index is 0.0168. The third-order valence-electron chi connectivity index (χ3n) is 4.40. The van der Waals surface area contributed by atoms with Gasteiger partial charge in [-0.3, -0.25) is 4.79 Å². The van der Waals surface area contributed by atoms with Crippen LogP contribution in [0.2, 0.25) is 0 Å². The Labute approximate surface area is 148 Å². The maximum atomic E-state index is 12.2. The molecule has 2 aromatic rings. The molecule has 0 radical (unpaired) electrons. The van der Waals surface area contributed by atoms with E-state index in [1.165, 1.54) is 23.3 Å². The summed E-state index contributed by atoms with van der Waals surface area (Å²) < 4.78 is 26.7. The first-order valence-electron chi connectivity index (χ1n) is 8.48. The molecule has 1 aliphatic rings. The van der Waals surface area contributed by atoms with E-state index in [0.29, 0.717) is 0 Å². The van der Waals surface area contributed by atoms with Gasteiger partial charge < -0.3 is 5.32 Å². The number of benzene rings is 2. The number of nitrogens with one attached hydrogen (secondary N) is 2. The maximum Gasteiger partial charge on any atom is 0.240 e. The van der Waals surface area contributed by atoms with Gasteiger partial charge in [0.1, 0.15) is 0 Å². The van der Waals surface area contributed by atoms with Crippen molar-refractivity contribution < 1.29 is 13.2 Å². The Kier molecular flexibility index (Phi) is 5.50. The molecule has 5 nitrogen and oxygen atoms in total. The smallest absolute Gasteiger partial charge is 0.240 e. The minimum atomic E-state index is -3.57. The summed E-state index contributed by atoms with van der Waals surface area (Å²) >= 11 is 0. The topological polar surface area (TPSA) is 75.3 Å². The van der Waals surface area contributed by atoms with Gasteiger partial charge in [-0.25, -0.2) is 13.1 Å². The van der Waals surface area contributed by atoms with E-state index < -0.39 is 10.0 Å². The van der Waals surface area contributed by atoms with Crippen molar-refractivity contribution in [3.63, 3.8) is 0 Å². The number of hydrogen-bond acceptors (Lipinski definition) is 3. The van der Waals surface area contributed by atoms with Gasteiger partial charge >= 0.3 is 0 Å². The Morgan fingerprint density at radius 3 is 2.56 bits per heavy atom. The number of rotatable bonds is 6. The van der Waals surface area contributed by atoms with Gasteiger partial charge in [0.15, 0.2) is 0 Å². The number of carbonyl (C=O) groups is 1. The zero-order chi connectivity index (χ0) is 17.7. The van der Waals surface area contributed by atoms with Crippen molar-refractivity contribution in [2.45, 2.75) is 36.6 Å². The molecule has 6 heteroatoms. The van der Waals surface area contributed by atoms with Crippen LogP contribution >= 0.6 is 0 Å². The van der Waals surface area contributed by atoms with E-state index in [9.17, 15) is 13.2 Å². The highest BCUT2D eigenvalue weighted by Gasteiger charge is 2.21. The summed E-state index contributed by atoms with van der Waals surface area (Å²) in [7, 11) is -3.57. The average Bonchev–Trinajstić information content (AvgIpc) is 2.63. The van der Waals surface area contributed by atoms with Crippen LogP contribution in [0, 0.1) is 0 Å². The number of fused-ring (bicyclic) bond motifs is 1. The van der Waals surface area contributed by atoms with Crippen LogP contribution in [0.1, 0.15) is 36.4 Å². The van der Waals surface area contributed by atoms with E-state index in [1.54, 1.807) is 18.2 Å². The summed E-state index contributed by atoms with van der Waals surface area (Å²) in [5.74, 6) is -0.141. The Morgan fingerprint density at radius 2 is 1.76 bits per heavy atom. The number of aryl methyl sites for hydroxylation is 1. The van der Waals surface area contributed by atoms with E-state index in [2.05, 4.69) is 22.2 Å². The lowest BCUT2D eigenvalue weighted by Crippen LogP contribution is -2.34. The van der Waals surface area contributed by atoms with Crippen LogP contribution in [0.15, 0.2) is 59.5 Å². The summed E-state index contributed by atoms with van der Waals surface area (Å²) in [4.78, 5) is 12.4. The molecule has 0 bridgehead atoms. The van der Waals surface area contributed by atoms with Crippen LogP contribution in [0.4, 0.5) is 0 Å². The first-order valence-corrected chi connectivity index (χ1v) is 9.96. The average molecular weight is 358 g/mol. The summed E-state index contributed by atoms with van der Waals surface area (Å²) in [6.07, 6.45) is 3.12. The first-order chi connectivity index (χ1) is 12.1. The molecule has 3 rings (SSSR count). The summed E-state index contributed by atoms with van der Waals surface area (Å²) in [6.45, 7) is 0.0808. The highest BCUT2D eigenvalue weighted by Crippen LogP contribution is 2.29. The van der Waals surface area contributed by atoms with Crippen LogP contribution in [-0.4, -0.2) is 20.9 Å². The van der Waals surface area contributed by atoms with Crippen molar-refractivity contribution >= 4 is 15.9 Å². The van der Waals surface area contributed by atoms with Crippen molar-refractivity contribution in [1.82, 2.24) is 10.0 Å². The molecule has 0 saturated carbocycles. The summed E-state index contributed by atoms with van der Waals surface area (Å²) in [6, 6.07) is 16.3. The van der Waals surface area contributed by atoms with Gasteiger partial charge in [-0.1, -0.05) is 42.5 Å². The molecule has 0 unspecified atom stereocenters. The van der Waals surface area contributed by atoms with Gasteiger partial charge in [-0.15, -0.1) is 0 Å². The monoisotopic (exact) mass is 358 g/mol. The van der Waals surface area contributed by atoms with Crippen molar-refractivity contribution in [3.05, 3.63) is 65.7 Å². The predicted octanol–water partition coefficient (Wildman–Crippen LogP) is 2.55. The second-order valence-electron chi connectivity index (χ2n) is 6.17. The van der Waals surface area contributed by atoms with Crippen LogP contribution < -0.4 is 10.0 Å². The fourth-order valence-electron chi connectivity index (χ4n) is 3.15. The quantitative estimate of drug-likeness (QED) is 0.833. The maximum absolute atomic E-state index is 12.2. The Balaban J connectivity index is 1.53. The third-order valence-corrected chi connectivity index (χ3v) is 5.88. The Morgan fingerprint density at radius 1 is 1.04 bits per heavy atom. The standard InChI is InChI=1S/C19H22N2O3S/c22-19(13-14-20-25(23,24)16-9-2-1-3-10-16)21-18-12-6-8-15-7-4-5-11-17(15)18/h1-5,7,9-11,18,20H,6,8,12-14H2,(H,21,22)/t18-/m0/s1. The molecule has 1 amide bonds. The predicted molar refractivity (Wildman–Crippen MR) is 96.5 cm³/mol. The second-order valence-corrected chi connectivity index (χ2v) is 7.94. The molecular formula is C19H22N2O3S. The van der Waals surface area contributed by atoms with Gasteiger partial charge in [0, 0.05) is 13.0 Å². The number of hydrogen-bond donors (Lipinski definition) is 2. The van der Waals surface area contributed by atoms with E-state index in [4.69, 9.17) is 0 Å². The van der Waals surface area contributed by atoms with E-state index in [0.717, 1.165) is 19.3 Å². The lowest BCUT2D eigenvalue weighted by molar-refractivity contribution is -0.121. The molecule has 132 valence electrons. The number of amides is 1. The van der Waals surface area contributed by atoms with E-state index >= 15 is 0 Å². The molecule has 2 aromatic carbocycles. The molecular weight excluding hydrogens is 336 g/mol. The van der Waals surface area contributed by atoms with Gasteiger partial charge in [0.25, 0.3) is 0 Å². The fraction of sp³-hybridized carbons (Fsp3) is 0.316. The van der Waals surface area contributed by atoms with Crippen molar-refractivity contribution in [1.29, 1.82) is 0 Å². The van der Waals surface area contributed by atoms with Gasteiger partial charge in [-0.2, -0.15) is 0 Å². The minimum Gasteiger partial charge on any atom is -0.349 e. The molecule has 1 atom stereocenters. The van der Waals surface area contributed by atoms with Gasteiger partial charge in [-0.05, 0) is 42.5 Å². The molecule has 0 aliphatic heterocycles. The van der Waals surface area contributed by atoms with Crippen molar-refractivity contribution in [2.75, 3.05) is 6.54 Å². The summed E-state index contributed by atoms with van der Waals surface area (Å²) in [5, 5.41) is 3.03. The SMILES string of the molecule is O=C(CCNS(=O)(=O)c1ccccc1)N[C@H]1CCCc2ccccc21. The van der Waals surface area contributed by atoms with Crippen LogP contribution in [-0.2, 0) is 21.2 Å². The lowest BCUT2D eigenvalue weighted by atomic mass is 9.88. The number of carbonyl (C=O) groups excluding carboxylic acids is 1. The molecule has 0 saturated heterocycles. The van der Waals surface area contributed by atoms with Crippen LogP contribution in [0.25, 0.3) is 0 Å². The van der Waals surface area contributed by atoms with Gasteiger partial charge in [0.2, 0.25) is 15.9 Å². The second kappa shape index (κ2) is 7.80. The molecule has 2 N–H and O–H groups in total. The summed E-state index contributed by atoms with van der Waals surface area (Å²) in [5.41, 5.74) is 2.45. The molecule has 0 aromatic heterocycles. The Bertz CT molecular complexity index is 835. The number of sulfonamides is 1. The van der Waals surface area contributed by atoms with Crippen molar-refractivity contribution in [3.8, 4) is 0 Å². The first kappa shape index (κ1) is 17.6. The molecule has 0 heterocycles. The van der Waals surface area contributed by atoms with Crippen LogP contribution in [0.3, 0.4) is 0 Å². The highest BCUT2D eigenvalue weighted by molar-refractivity contribution is 7.89. The third kappa shape index (κ3) is 4.46. The lowest BCUT2D eigenvalue weighted by Gasteiger charge is -2.26. The molecule has 0 fully saturated rings. The van der Waals surface area contributed by atoms with E-state index in [-0.39, 0.29) is 29.8 Å². The Hall–Kier alpha value is -2.18. The fourth-order valence-corrected chi connectivity index (χ4v) is 4.21. The van der Waals surface area contributed by atoms with Crippen LogP contribution in [0.5, 0.6) is 0 Å².